The first-order valence-electron chi connectivity index (χ1n) is 18.5. The average molecular weight is 1070 g/mol. The van der Waals surface area contributed by atoms with Crippen molar-refractivity contribution in [3.05, 3.63) is 0 Å². The highest BCUT2D eigenvalue weighted by atomic mass is 127. The monoisotopic (exact) mass is 1070 g/mol. The average Bonchev–Trinajstić information content (AvgIpc) is 3.29. The van der Waals surface area contributed by atoms with Gasteiger partial charge in [0.2, 0.25) is 17.7 Å². The summed E-state index contributed by atoms with van der Waals surface area (Å²) < 4.78 is 31.1. The summed E-state index contributed by atoms with van der Waals surface area (Å²) in [6.45, 7) is 12.3. The maximum absolute atomic E-state index is 11.0. The molecule has 0 spiro atoms. The third-order valence-corrected chi connectivity index (χ3v) is 7.64. The molecule has 0 aromatic rings. The third kappa shape index (κ3) is 40.5. The Morgan fingerprint density at radius 3 is 1.45 bits per heavy atom. The molecule has 378 valence electrons. The van der Waals surface area contributed by atoms with Crippen LogP contribution in [0.25, 0.3) is 0 Å². The summed E-state index contributed by atoms with van der Waals surface area (Å²) in [5.41, 5.74) is 7.58. The summed E-state index contributed by atoms with van der Waals surface area (Å²) >= 11 is 7.06. The second-order valence-corrected chi connectivity index (χ2v) is 12.8. The number of hydrogen-bond donors (Lipinski definition) is 10. The van der Waals surface area contributed by atoms with Crippen LogP contribution in [0.1, 0.15) is 48.5 Å². The van der Waals surface area contributed by atoms with E-state index in [0.717, 1.165) is 11.6 Å². The number of carbonyl (C=O) groups is 9. The second kappa shape index (κ2) is 45.3. The first kappa shape index (κ1) is 71.4. The second-order valence-electron chi connectivity index (χ2n) is 11.8. The first-order valence-corrected chi connectivity index (χ1v) is 20.6. The van der Waals surface area contributed by atoms with E-state index in [9.17, 15) is 43.2 Å². The Hall–Kier alpha value is -4.27. The number of methoxy groups -OCH3 is 6. The summed E-state index contributed by atoms with van der Waals surface area (Å²) in [5.74, 6) is 5.81. The van der Waals surface area contributed by atoms with Gasteiger partial charge in [-0.25, -0.2) is 30.0 Å². The van der Waals surface area contributed by atoms with Crippen LogP contribution in [0.2, 0.25) is 0 Å². The zero-order valence-corrected chi connectivity index (χ0v) is 41.4. The maximum Gasteiger partial charge on any atom is 0.423 e. The number of nitrogens with one attached hydrogen (secondary N) is 4. The molecular formula is C35H70ClIN8O19. The number of hydrogen-bond acceptors (Lipinski definition) is 23. The molecule has 8 atom stereocenters. The molecule has 0 bridgehead atoms. The van der Waals surface area contributed by atoms with E-state index in [1.807, 2.05) is 29.5 Å². The Morgan fingerprint density at radius 1 is 0.812 bits per heavy atom. The fourth-order valence-electron chi connectivity index (χ4n) is 3.02. The molecule has 1 rings (SSSR count). The zero-order chi connectivity index (χ0) is 51.7. The lowest BCUT2D eigenvalue weighted by Gasteiger charge is -2.27. The van der Waals surface area contributed by atoms with Gasteiger partial charge in [-0.1, -0.05) is 29.5 Å². The van der Waals surface area contributed by atoms with Gasteiger partial charge in [0.1, 0.15) is 18.5 Å². The standard InChI is InChI=1S/C7H12ClNO4.C7H12INO4.C7H11NO4.C5H11NO3.C4H10N2O2.C3H6O2.C2H8N2/c2*1-4(10)6(7(12)13-2)9-5(11)3-8;1-4-6(7(10)11-2)8-5(9)3-12-4;1-3(7)4(6)5(8)9-2;1-3-6(5)4(7)8-2;1-3(4)5-2;1-2-4-3/h2*4,6,10H,3H2,1-2H3,(H,9,11);4,6H,3H2,1-2H3,(H,8,9);3-4,7H,6H2,1-2H3;3,5H2,1-2H3;1-2H3;4H,2-3H2,1H3. The van der Waals surface area contributed by atoms with Crippen LogP contribution < -0.4 is 38.8 Å². The van der Waals surface area contributed by atoms with E-state index < -0.39 is 78.4 Å². The number of rotatable bonds is 13. The molecular weight excluding hydrogens is 999 g/mol. The SMILES string of the molecule is CCN(N)C(=O)OC.CCNN.COC(=O)C(N)C(C)O.COC(=O)C(NC(=O)CCl)C(C)O.COC(=O)C(NC(=O)CI)C(C)O.COC(=O)C1NC(=O)COC1C.COC(C)=O. The fourth-order valence-corrected chi connectivity index (χ4v) is 3.32. The molecule has 1 aliphatic rings. The minimum absolute atomic E-state index is 0.00859. The Labute approximate surface area is 391 Å². The lowest BCUT2D eigenvalue weighted by Crippen LogP contribution is -2.54. The molecule has 1 fully saturated rings. The molecule has 0 aliphatic carbocycles. The Bertz CT molecular complexity index is 1290. The van der Waals surface area contributed by atoms with Gasteiger partial charge in [-0.15, -0.1) is 11.6 Å². The quantitative estimate of drug-likeness (QED) is 0.0161. The molecule has 29 heteroatoms. The van der Waals surface area contributed by atoms with E-state index >= 15 is 0 Å². The highest BCUT2D eigenvalue weighted by Gasteiger charge is 2.32. The van der Waals surface area contributed by atoms with Crippen LogP contribution in [-0.4, -0.2) is 195 Å². The predicted molar refractivity (Wildman–Crippen MR) is 236 cm³/mol. The van der Waals surface area contributed by atoms with E-state index in [1.165, 1.54) is 70.4 Å². The Balaban J connectivity index is -0.000000158. The molecule has 0 radical (unpaired) electrons. The molecule has 0 aromatic heterocycles. The third-order valence-electron chi connectivity index (χ3n) is 6.70. The minimum atomic E-state index is -1.06. The van der Waals surface area contributed by atoms with Gasteiger partial charge in [0.05, 0.1) is 71.5 Å². The van der Waals surface area contributed by atoms with Crippen LogP contribution >= 0.6 is 34.2 Å². The number of hydrazine groups is 2. The van der Waals surface area contributed by atoms with Gasteiger partial charge in [0.15, 0.2) is 18.1 Å². The summed E-state index contributed by atoms with van der Waals surface area (Å²) in [5, 5.41) is 35.0. The van der Waals surface area contributed by atoms with Crippen molar-refractivity contribution in [1.29, 1.82) is 0 Å². The first-order chi connectivity index (χ1) is 29.7. The van der Waals surface area contributed by atoms with Crippen molar-refractivity contribution < 1.29 is 91.6 Å². The van der Waals surface area contributed by atoms with Gasteiger partial charge in [0, 0.05) is 20.0 Å². The number of amides is 4. The van der Waals surface area contributed by atoms with Gasteiger partial charge in [-0.3, -0.25) is 35.2 Å². The fraction of sp³-hybridized carbons (Fsp3) is 0.743. The van der Waals surface area contributed by atoms with Crippen molar-refractivity contribution in [2.75, 3.05) is 72.7 Å². The van der Waals surface area contributed by atoms with Gasteiger partial charge >= 0.3 is 35.9 Å². The summed E-state index contributed by atoms with van der Waals surface area (Å²) in [6.07, 6.45) is -3.65. The number of esters is 5. The van der Waals surface area contributed by atoms with Crippen LogP contribution in [0.3, 0.4) is 0 Å². The molecule has 0 saturated carbocycles. The van der Waals surface area contributed by atoms with Crippen molar-refractivity contribution in [1.82, 2.24) is 26.4 Å². The van der Waals surface area contributed by atoms with E-state index in [2.05, 4.69) is 49.8 Å². The van der Waals surface area contributed by atoms with Crippen LogP contribution in [0.4, 0.5) is 4.79 Å². The number of halogens is 2. The number of aliphatic hydroxyl groups is 3. The van der Waals surface area contributed by atoms with Gasteiger partial charge in [-0.2, -0.15) is 0 Å². The van der Waals surface area contributed by atoms with E-state index in [-0.39, 0.29) is 40.8 Å². The summed E-state index contributed by atoms with van der Waals surface area (Å²) in [6, 6.07) is -3.63. The van der Waals surface area contributed by atoms with Crippen LogP contribution in [0, 0.1) is 0 Å². The normalized spacial score (nSPS) is 15.7. The van der Waals surface area contributed by atoms with Crippen molar-refractivity contribution in [2.24, 2.45) is 17.4 Å². The highest BCUT2D eigenvalue weighted by molar-refractivity contribution is 14.1. The molecule has 0 aromatic carbocycles. The number of ether oxygens (including phenoxy) is 7. The molecule has 64 heavy (non-hydrogen) atoms. The van der Waals surface area contributed by atoms with Gasteiger partial charge < -0.3 is 70.2 Å². The van der Waals surface area contributed by atoms with E-state index in [4.69, 9.17) is 49.1 Å². The van der Waals surface area contributed by atoms with Crippen LogP contribution in [0.15, 0.2) is 0 Å². The molecule has 27 nitrogen and oxygen atoms in total. The number of morpholine rings is 1. The number of carbonyl (C=O) groups excluding carboxylic acids is 9. The Morgan fingerprint density at radius 2 is 1.22 bits per heavy atom. The highest BCUT2D eigenvalue weighted by Crippen LogP contribution is 2.05. The van der Waals surface area contributed by atoms with Gasteiger partial charge in [-0.05, 0) is 34.6 Å². The molecule has 13 N–H and O–H groups in total. The van der Waals surface area contributed by atoms with Crippen LogP contribution in [0.5, 0.6) is 0 Å². The van der Waals surface area contributed by atoms with Crippen molar-refractivity contribution in [2.45, 2.75) is 97.0 Å². The number of alkyl halides is 2. The smallest absolute Gasteiger partial charge is 0.423 e. The minimum Gasteiger partial charge on any atom is -0.469 e. The van der Waals surface area contributed by atoms with Crippen molar-refractivity contribution in [3.8, 4) is 0 Å². The number of nitrogens with two attached hydrogens (primary N) is 3. The van der Waals surface area contributed by atoms with E-state index in [1.54, 1.807) is 13.8 Å². The summed E-state index contributed by atoms with van der Waals surface area (Å²) in [4.78, 5) is 95.8. The lowest BCUT2D eigenvalue weighted by atomic mass is 10.1. The zero-order valence-electron chi connectivity index (χ0n) is 38.5. The van der Waals surface area contributed by atoms with Gasteiger partial charge in [0.25, 0.3) is 0 Å². The van der Waals surface area contributed by atoms with Crippen molar-refractivity contribution in [3.63, 3.8) is 0 Å². The lowest BCUT2D eigenvalue weighted by molar-refractivity contribution is -0.156. The molecule has 1 heterocycles. The molecule has 4 amide bonds. The van der Waals surface area contributed by atoms with Crippen LogP contribution in [-0.2, 0) is 71.5 Å². The topological polar surface area (TPSA) is 408 Å². The molecule has 1 aliphatic heterocycles. The Kier molecular flexibility index (Phi) is 50.5. The molecule has 1 saturated heterocycles. The number of aliphatic hydroxyl groups excluding tert-OH is 3. The number of nitrogens with zero attached hydrogens (tertiary/aromatic N) is 1. The maximum atomic E-state index is 11.0. The molecule has 8 unspecified atom stereocenters. The predicted octanol–water partition coefficient (Wildman–Crippen LogP) is -3.75. The largest absolute Gasteiger partial charge is 0.469 e. The van der Waals surface area contributed by atoms with Crippen molar-refractivity contribution >= 4 is 87.9 Å². The summed E-state index contributed by atoms with van der Waals surface area (Å²) in [7, 11) is 7.51. The van der Waals surface area contributed by atoms with E-state index in [0.29, 0.717) is 6.54 Å².